The van der Waals surface area contributed by atoms with Gasteiger partial charge in [-0.1, -0.05) is 122 Å². The van der Waals surface area contributed by atoms with Crippen LogP contribution in [-0.2, 0) is 9.53 Å². The van der Waals surface area contributed by atoms with E-state index >= 15 is 0 Å². The maximum absolute atomic E-state index is 11.1. The first-order valence-corrected chi connectivity index (χ1v) is 11.5. The Hall–Kier alpha value is -0.570. The summed E-state index contributed by atoms with van der Waals surface area (Å²) in [6.45, 7) is 2.28. The molecule has 0 amide bonds. The van der Waals surface area contributed by atoms with Crippen LogP contribution in [0.3, 0.4) is 0 Å². The smallest absolute Gasteiger partial charge is 0.334 e. The van der Waals surface area contributed by atoms with Crippen LogP contribution in [0.5, 0.6) is 0 Å². The van der Waals surface area contributed by atoms with Crippen molar-refractivity contribution in [3.63, 3.8) is 0 Å². The lowest BCUT2D eigenvalue weighted by Crippen LogP contribution is -2.21. The van der Waals surface area contributed by atoms with Gasteiger partial charge in [0, 0.05) is 0 Å². The molecule has 1 atom stereocenters. The quantitative estimate of drug-likeness (QED) is 0.186. The molecule has 0 aliphatic heterocycles. The molecule has 3 heteroatoms. The van der Waals surface area contributed by atoms with E-state index in [1.807, 2.05) is 0 Å². The Bertz CT molecular complexity index is 291. The predicted octanol–water partition coefficient (Wildman–Crippen LogP) is 6.95. The summed E-state index contributed by atoms with van der Waals surface area (Å²) in [6.07, 6.45) is 23.9. The number of methoxy groups -OCH3 is 1. The van der Waals surface area contributed by atoms with Crippen molar-refractivity contribution in [3.05, 3.63) is 0 Å². The Morgan fingerprint density at radius 2 is 0.962 bits per heavy atom. The number of aliphatic hydroxyl groups excluding tert-OH is 1. The zero-order valence-electron chi connectivity index (χ0n) is 17.8. The Balaban J connectivity index is 3.08. The van der Waals surface area contributed by atoms with Gasteiger partial charge < -0.3 is 9.84 Å². The van der Waals surface area contributed by atoms with E-state index < -0.39 is 12.1 Å². The number of carbonyl (C=O) groups excluding carboxylic acids is 1. The second-order valence-electron chi connectivity index (χ2n) is 7.84. The Morgan fingerprint density at radius 1 is 0.654 bits per heavy atom. The molecule has 0 rings (SSSR count). The highest BCUT2D eigenvalue weighted by Crippen LogP contribution is 2.14. The monoisotopic (exact) mass is 370 g/mol. The first-order valence-electron chi connectivity index (χ1n) is 11.5. The van der Waals surface area contributed by atoms with Crippen molar-refractivity contribution in [1.29, 1.82) is 0 Å². The van der Waals surface area contributed by atoms with Crippen molar-refractivity contribution >= 4 is 5.97 Å². The molecule has 0 aromatic rings. The van der Waals surface area contributed by atoms with E-state index in [0.717, 1.165) is 12.8 Å². The third-order valence-corrected chi connectivity index (χ3v) is 5.30. The van der Waals surface area contributed by atoms with Gasteiger partial charge in [-0.2, -0.15) is 0 Å². The summed E-state index contributed by atoms with van der Waals surface area (Å²) < 4.78 is 4.51. The van der Waals surface area contributed by atoms with Gasteiger partial charge in [-0.25, -0.2) is 4.79 Å². The summed E-state index contributed by atoms with van der Waals surface area (Å²) in [6, 6.07) is 0. The van der Waals surface area contributed by atoms with Crippen LogP contribution in [0.2, 0.25) is 0 Å². The molecule has 0 aliphatic carbocycles. The van der Waals surface area contributed by atoms with Gasteiger partial charge in [0.25, 0.3) is 0 Å². The molecule has 156 valence electrons. The van der Waals surface area contributed by atoms with Crippen LogP contribution < -0.4 is 0 Å². The number of hydrogen-bond donors (Lipinski definition) is 1. The fourth-order valence-electron chi connectivity index (χ4n) is 3.49. The molecular formula is C23H46O3. The average molecular weight is 371 g/mol. The van der Waals surface area contributed by atoms with Crippen LogP contribution in [0.25, 0.3) is 0 Å². The van der Waals surface area contributed by atoms with Crippen LogP contribution in [0.15, 0.2) is 0 Å². The van der Waals surface area contributed by atoms with E-state index in [-0.39, 0.29) is 0 Å². The number of unbranched alkanes of at least 4 members (excludes halogenated alkanes) is 17. The third kappa shape index (κ3) is 18.2. The molecule has 0 saturated heterocycles. The fraction of sp³-hybridized carbons (Fsp3) is 0.957. The minimum atomic E-state index is -0.930. The van der Waals surface area contributed by atoms with Crippen molar-refractivity contribution in [2.24, 2.45) is 0 Å². The van der Waals surface area contributed by atoms with Crippen LogP contribution in [0.4, 0.5) is 0 Å². The molecule has 1 N–H and O–H groups in total. The summed E-state index contributed by atoms with van der Waals surface area (Å²) in [5.74, 6) is -0.503. The van der Waals surface area contributed by atoms with Gasteiger partial charge in [0.1, 0.15) is 0 Å². The van der Waals surface area contributed by atoms with Crippen molar-refractivity contribution in [2.45, 2.75) is 135 Å². The molecule has 26 heavy (non-hydrogen) atoms. The topological polar surface area (TPSA) is 46.5 Å². The molecule has 0 aromatic heterocycles. The number of hydrogen-bond acceptors (Lipinski definition) is 3. The molecule has 0 aromatic carbocycles. The maximum Gasteiger partial charge on any atom is 0.334 e. The van der Waals surface area contributed by atoms with E-state index in [0.29, 0.717) is 6.42 Å². The lowest BCUT2D eigenvalue weighted by Gasteiger charge is -2.07. The summed E-state index contributed by atoms with van der Waals surface area (Å²) in [5, 5.41) is 9.48. The second kappa shape index (κ2) is 20.7. The molecule has 0 radical (unpaired) electrons. The van der Waals surface area contributed by atoms with Crippen LogP contribution in [0.1, 0.15) is 129 Å². The highest BCUT2D eigenvalue weighted by molar-refractivity contribution is 5.74. The minimum Gasteiger partial charge on any atom is -0.467 e. The Kier molecular flexibility index (Phi) is 20.3. The summed E-state index contributed by atoms with van der Waals surface area (Å²) in [4.78, 5) is 11.1. The van der Waals surface area contributed by atoms with Gasteiger partial charge in [0.2, 0.25) is 0 Å². The Morgan fingerprint density at radius 3 is 1.27 bits per heavy atom. The molecule has 0 heterocycles. The molecule has 0 fully saturated rings. The van der Waals surface area contributed by atoms with E-state index in [9.17, 15) is 9.90 Å². The van der Waals surface area contributed by atoms with Crippen LogP contribution in [0, 0.1) is 0 Å². The summed E-state index contributed by atoms with van der Waals surface area (Å²) in [7, 11) is 1.32. The van der Waals surface area contributed by atoms with Gasteiger partial charge in [-0.15, -0.1) is 0 Å². The van der Waals surface area contributed by atoms with Crippen molar-refractivity contribution < 1.29 is 14.6 Å². The van der Waals surface area contributed by atoms with Gasteiger partial charge >= 0.3 is 5.97 Å². The summed E-state index contributed by atoms with van der Waals surface area (Å²) >= 11 is 0. The predicted molar refractivity (Wildman–Crippen MR) is 111 cm³/mol. The van der Waals surface area contributed by atoms with Crippen molar-refractivity contribution in [2.75, 3.05) is 7.11 Å². The van der Waals surface area contributed by atoms with Crippen molar-refractivity contribution in [3.8, 4) is 0 Å². The van der Waals surface area contributed by atoms with Gasteiger partial charge in [0.05, 0.1) is 7.11 Å². The minimum absolute atomic E-state index is 0.503. The molecule has 1 unspecified atom stereocenters. The first-order chi connectivity index (χ1) is 12.7. The highest BCUT2D eigenvalue weighted by Gasteiger charge is 2.13. The zero-order valence-corrected chi connectivity index (χ0v) is 17.8. The first kappa shape index (κ1) is 25.4. The SMILES string of the molecule is CCCCCCCCCCCCCCCCCCCCC(O)C(=O)OC. The van der Waals surface area contributed by atoms with Crippen LogP contribution in [-0.4, -0.2) is 24.3 Å². The standard InChI is InChI=1S/C23H46O3/c1-3-4-5-6-7-8-9-10-11-12-13-14-15-16-17-18-19-20-21-22(24)23(25)26-2/h22,24H,3-21H2,1-2H3. The largest absolute Gasteiger partial charge is 0.467 e. The summed E-state index contributed by atoms with van der Waals surface area (Å²) in [5.41, 5.74) is 0. The lowest BCUT2D eigenvalue weighted by atomic mass is 10.0. The van der Waals surface area contributed by atoms with E-state index in [2.05, 4.69) is 11.7 Å². The normalized spacial score (nSPS) is 12.3. The molecule has 0 bridgehead atoms. The number of carbonyl (C=O) groups is 1. The van der Waals surface area contributed by atoms with Gasteiger partial charge in [0.15, 0.2) is 6.10 Å². The molecular weight excluding hydrogens is 324 g/mol. The lowest BCUT2D eigenvalue weighted by molar-refractivity contribution is -0.150. The molecule has 0 saturated carbocycles. The van der Waals surface area contributed by atoms with E-state index in [4.69, 9.17) is 0 Å². The van der Waals surface area contributed by atoms with E-state index in [1.54, 1.807) is 0 Å². The molecule has 0 aliphatic rings. The number of aliphatic hydroxyl groups is 1. The van der Waals surface area contributed by atoms with Gasteiger partial charge in [-0.3, -0.25) is 0 Å². The molecule has 3 nitrogen and oxygen atoms in total. The third-order valence-electron chi connectivity index (χ3n) is 5.30. The molecule has 0 spiro atoms. The number of rotatable bonds is 20. The highest BCUT2D eigenvalue weighted by atomic mass is 16.5. The number of ether oxygens (including phenoxy) is 1. The van der Waals surface area contributed by atoms with Crippen LogP contribution >= 0.6 is 0 Å². The average Bonchev–Trinajstić information content (AvgIpc) is 2.66. The fourth-order valence-corrected chi connectivity index (χ4v) is 3.49. The van der Waals surface area contributed by atoms with Gasteiger partial charge in [-0.05, 0) is 6.42 Å². The Labute approximate surface area is 163 Å². The number of esters is 1. The second-order valence-corrected chi connectivity index (χ2v) is 7.84. The maximum atomic E-state index is 11.1. The van der Waals surface area contributed by atoms with E-state index in [1.165, 1.54) is 110 Å². The van der Waals surface area contributed by atoms with Crippen molar-refractivity contribution in [1.82, 2.24) is 0 Å². The zero-order chi connectivity index (χ0) is 19.3.